The van der Waals surface area contributed by atoms with Gasteiger partial charge in [-0.2, -0.15) is 0 Å². The maximum absolute atomic E-state index is 13.2. The molecule has 1 aliphatic heterocycles. The van der Waals surface area contributed by atoms with Crippen LogP contribution in [0.5, 0.6) is 5.75 Å². The Morgan fingerprint density at radius 1 is 1.12 bits per heavy atom. The van der Waals surface area contributed by atoms with E-state index in [4.69, 9.17) is 4.74 Å². The van der Waals surface area contributed by atoms with Gasteiger partial charge in [0.15, 0.2) is 0 Å². The normalized spacial score (nSPS) is 26.7. The lowest BCUT2D eigenvalue weighted by atomic mass is 9.74. The summed E-state index contributed by atoms with van der Waals surface area (Å²) in [6.07, 6.45) is 3.83. The molecule has 0 radical (unpaired) electrons. The van der Waals surface area contributed by atoms with Crippen LogP contribution in [0.2, 0.25) is 0 Å². The molecule has 3 aromatic rings. The van der Waals surface area contributed by atoms with Gasteiger partial charge in [-0.1, -0.05) is 47.2 Å². The van der Waals surface area contributed by atoms with Crippen LogP contribution in [0.4, 0.5) is 5.69 Å². The average Bonchev–Trinajstić information content (AvgIpc) is 3.54. The van der Waals surface area contributed by atoms with Gasteiger partial charge in [0.25, 0.3) is 0 Å². The van der Waals surface area contributed by atoms with E-state index in [1.165, 1.54) is 36.2 Å². The van der Waals surface area contributed by atoms with Crippen LogP contribution in [0.3, 0.4) is 0 Å². The van der Waals surface area contributed by atoms with Crippen LogP contribution in [0, 0.1) is 24.7 Å². The summed E-state index contributed by atoms with van der Waals surface area (Å²) < 4.78 is 7.47. The van der Waals surface area contributed by atoms with Crippen molar-refractivity contribution in [2.75, 3.05) is 12.4 Å². The van der Waals surface area contributed by atoms with Crippen LogP contribution in [0.25, 0.3) is 0 Å². The number of hydrogen-bond acceptors (Lipinski definition) is 5. The molecule has 176 valence electrons. The van der Waals surface area contributed by atoms with Gasteiger partial charge in [-0.25, -0.2) is 0 Å². The minimum absolute atomic E-state index is 0.0374. The smallest absolute Gasteiger partial charge is 0.308 e. The fourth-order valence-electron chi connectivity index (χ4n) is 6.34. The van der Waals surface area contributed by atoms with Crippen molar-refractivity contribution in [3.05, 3.63) is 74.2 Å². The summed E-state index contributed by atoms with van der Waals surface area (Å²) in [5.74, 6) is 2.76. The lowest BCUT2D eigenvalue weighted by molar-refractivity contribution is -0.116. The number of carbonyl (C=O) groups excluding carboxylic acids is 1. The van der Waals surface area contributed by atoms with Crippen LogP contribution in [0.1, 0.15) is 41.2 Å². The first-order valence-electron chi connectivity index (χ1n) is 11.9. The molecule has 7 heteroatoms. The summed E-state index contributed by atoms with van der Waals surface area (Å²) in [6, 6.07) is 16.0. The van der Waals surface area contributed by atoms with Crippen LogP contribution in [0.15, 0.2) is 58.4 Å². The number of benzene rings is 2. The minimum Gasteiger partial charge on any atom is -0.496 e. The molecule has 2 aromatic carbocycles. The molecule has 5 nitrogen and oxygen atoms in total. The Morgan fingerprint density at radius 2 is 1.88 bits per heavy atom. The lowest BCUT2D eigenvalue weighted by Gasteiger charge is -2.40. The van der Waals surface area contributed by atoms with Gasteiger partial charge in [-0.15, -0.1) is 11.8 Å². The van der Waals surface area contributed by atoms with Crippen molar-refractivity contribution in [2.24, 2.45) is 17.8 Å². The Morgan fingerprint density at radius 3 is 2.68 bits per heavy atom. The molecule has 2 heterocycles. The van der Waals surface area contributed by atoms with E-state index in [-0.39, 0.29) is 23.2 Å². The third kappa shape index (κ3) is 3.60. The molecule has 0 saturated heterocycles. The van der Waals surface area contributed by atoms with Crippen molar-refractivity contribution in [3.8, 4) is 5.75 Å². The summed E-state index contributed by atoms with van der Waals surface area (Å²) >= 11 is 3.17. The molecule has 4 unspecified atom stereocenters. The van der Waals surface area contributed by atoms with E-state index >= 15 is 0 Å². The first kappa shape index (κ1) is 22.0. The summed E-state index contributed by atoms with van der Waals surface area (Å²) in [5, 5.41) is 4.43. The highest BCUT2D eigenvalue weighted by Crippen LogP contribution is 2.64. The van der Waals surface area contributed by atoms with Gasteiger partial charge < -0.3 is 10.1 Å². The zero-order valence-electron chi connectivity index (χ0n) is 19.3. The van der Waals surface area contributed by atoms with E-state index in [1.807, 2.05) is 55.1 Å². The Balaban J connectivity index is 1.38. The Bertz CT molecular complexity index is 1300. The highest BCUT2D eigenvalue weighted by atomic mass is 32.2. The van der Waals surface area contributed by atoms with Crippen molar-refractivity contribution < 1.29 is 9.53 Å². The van der Waals surface area contributed by atoms with Crippen molar-refractivity contribution in [3.63, 3.8) is 0 Å². The number of carbonyl (C=O) groups is 1. The summed E-state index contributed by atoms with van der Waals surface area (Å²) in [4.78, 5) is 27.2. The molecular weight excluding hydrogens is 464 g/mol. The number of nitrogens with zero attached hydrogens (tertiary/aromatic N) is 1. The van der Waals surface area contributed by atoms with E-state index < -0.39 is 0 Å². The zero-order valence-corrected chi connectivity index (χ0v) is 21.0. The summed E-state index contributed by atoms with van der Waals surface area (Å²) in [7, 11) is 1.72. The monoisotopic (exact) mass is 492 g/mol. The SMILES string of the molecule is COc1ccccc1[C@H]1c2sc(=O)n(CC(=O)Nc3ccc(C)cc3)c2SC2C3CCC(C3)C21. The maximum atomic E-state index is 13.2. The zero-order chi connectivity index (χ0) is 23.4. The second kappa shape index (κ2) is 8.61. The third-order valence-electron chi connectivity index (χ3n) is 7.80. The number of aromatic nitrogens is 1. The summed E-state index contributed by atoms with van der Waals surface area (Å²) in [6.45, 7) is 2.05. The van der Waals surface area contributed by atoms with Crippen LogP contribution < -0.4 is 14.9 Å². The van der Waals surface area contributed by atoms with E-state index in [2.05, 4.69) is 17.4 Å². The number of methoxy groups -OCH3 is 1. The van der Waals surface area contributed by atoms with Crippen molar-refractivity contribution >= 4 is 34.7 Å². The van der Waals surface area contributed by atoms with Gasteiger partial charge in [-0.3, -0.25) is 14.2 Å². The number of hydrogen-bond donors (Lipinski definition) is 1. The third-order valence-corrected chi connectivity index (χ3v) is 10.6. The quantitative estimate of drug-likeness (QED) is 0.510. The van der Waals surface area contributed by atoms with Crippen LogP contribution >= 0.6 is 23.1 Å². The van der Waals surface area contributed by atoms with Gasteiger partial charge in [0, 0.05) is 27.3 Å². The van der Waals surface area contributed by atoms with Crippen molar-refractivity contribution in [1.29, 1.82) is 0 Å². The topological polar surface area (TPSA) is 60.3 Å². The molecule has 2 bridgehead atoms. The first-order chi connectivity index (χ1) is 16.5. The molecule has 1 N–H and O–H groups in total. The fourth-order valence-corrected chi connectivity index (χ4v) is 9.48. The number of anilines is 1. The number of thioether (sulfide) groups is 1. The second-order valence-electron chi connectivity index (χ2n) is 9.75. The molecule has 2 saturated carbocycles. The predicted molar refractivity (Wildman–Crippen MR) is 137 cm³/mol. The van der Waals surface area contributed by atoms with Gasteiger partial charge in [-0.05, 0) is 62.1 Å². The Kier molecular flexibility index (Phi) is 5.57. The molecule has 1 aromatic heterocycles. The van der Waals surface area contributed by atoms with E-state index in [9.17, 15) is 9.59 Å². The van der Waals surface area contributed by atoms with Crippen molar-refractivity contribution in [2.45, 2.75) is 48.9 Å². The van der Waals surface area contributed by atoms with Crippen LogP contribution in [-0.2, 0) is 11.3 Å². The predicted octanol–water partition coefficient (Wildman–Crippen LogP) is 5.52. The van der Waals surface area contributed by atoms with Gasteiger partial charge in [0.1, 0.15) is 12.3 Å². The number of nitrogens with one attached hydrogen (secondary N) is 1. The number of aryl methyl sites for hydroxylation is 1. The molecule has 1 amide bonds. The van der Waals surface area contributed by atoms with Gasteiger partial charge >= 0.3 is 4.87 Å². The molecular formula is C27H28N2O3S2. The van der Waals surface area contributed by atoms with Crippen molar-refractivity contribution in [1.82, 2.24) is 4.57 Å². The Hall–Kier alpha value is -2.51. The highest BCUT2D eigenvalue weighted by Gasteiger charge is 2.55. The average molecular weight is 493 g/mol. The summed E-state index contributed by atoms with van der Waals surface area (Å²) in [5.41, 5.74) is 3.06. The standard InChI is InChI=1S/C27H28N2O3S2/c1-15-7-11-18(12-8-15)28-21(30)14-29-26-25(34-27(29)31)23(19-5-3-4-6-20(19)32-2)22-16-9-10-17(13-16)24(22)33-26/h3-8,11-12,16-17,22-24H,9-10,13-14H2,1-2H3,(H,28,30)/t16?,17?,22?,23-,24?/m1/s1. The number of ether oxygens (including phenoxy) is 1. The maximum Gasteiger partial charge on any atom is 0.308 e. The molecule has 34 heavy (non-hydrogen) atoms. The number of amides is 1. The minimum atomic E-state index is -0.170. The lowest BCUT2D eigenvalue weighted by Crippen LogP contribution is -2.35. The fraction of sp³-hybridized carbons (Fsp3) is 0.407. The highest BCUT2D eigenvalue weighted by molar-refractivity contribution is 8.00. The number of fused-ring (bicyclic) bond motifs is 6. The molecule has 5 atom stereocenters. The number of rotatable bonds is 5. The molecule has 6 rings (SSSR count). The second-order valence-corrected chi connectivity index (χ2v) is 11.9. The number of thiazole rings is 1. The van der Waals surface area contributed by atoms with Gasteiger partial charge in [0.2, 0.25) is 5.91 Å². The van der Waals surface area contributed by atoms with E-state index in [0.717, 1.165) is 26.9 Å². The molecule has 2 fully saturated rings. The molecule has 3 aliphatic rings. The van der Waals surface area contributed by atoms with E-state index in [1.54, 1.807) is 11.7 Å². The first-order valence-corrected chi connectivity index (χ1v) is 13.6. The van der Waals surface area contributed by atoms with Gasteiger partial charge in [0.05, 0.1) is 12.1 Å². The molecule has 0 spiro atoms. The Labute approximate surface area is 207 Å². The largest absolute Gasteiger partial charge is 0.496 e. The van der Waals surface area contributed by atoms with E-state index in [0.29, 0.717) is 23.0 Å². The molecule has 2 aliphatic carbocycles. The number of para-hydroxylation sites is 1. The van der Waals surface area contributed by atoms with Crippen LogP contribution in [-0.4, -0.2) is 22.8 Å².